The SMILES string of the molecule is COc1cccc(OCC(=O)N2CCC(C(=O)Nc3cc(C)on3)CC2)c1. The third kappa shape index (κ3) is 4.99. The molecule has 1 N–H and O–H groups in total. The molecule has 1 aromatic carbocycles. The molecule has 0 radical (unpaired) electrons. The van der Waals surface area contributed by atoms with Crippen molar-refractivity contribution in [2.24, 2.45) is 5.92 Å². The van der Waals surface area contributed by atoms with Gasteiger partial charge in [-0.2, -0.15) is 0 Å². The lowest BCUT2D eigenvalue weighted by atomic mass is 9.96. The number of piperidine rings is 1. The quantitative estimate of drug-likeness (QED) is 0.835. The van der Waals surface area contributed by atoms with Crippen molar-refractivity contribution in [3.8, 4) is 11.5 Å². The second kappa shape index (κ2) is 8.57. The Balaban J connectivity index is 1.44. The van der Waals surface area contributed by atoms with Gasteiger partial charge >= 0.3 is 0 Å². The third-order valence-electron chi connectivity index (χ3n) is 4.50. The van der Waals surface area contributed by atoms with Gasteiger partial charge in [-0.15, -0.1) is 0 Å². The van der Waals surface area contributed by atoms with Gasteiger partial charge in [-0.3, -0.25) is 9.59 Å². The molecule has 8 heteroatoms. The highest BCUT2D eigenvalue weighted by atomic mass is 16.5. The molecule has 8 nitrogen and oxygen atoms in total. The molecule has 0 atom stereocenters. The number of hydrogen-bond acceptors (Lipinski definition) is 6. The van der Waals surface area contributed by atoms with Crippen LogP contribution in [0.2, 0.25) is 0 Å². The summed E-state index contributed by atoms with van der Waals surface area (Å²) in [6, 6.07) is 8.80. The van der Waals surface area contributed by atoms with Gasteiger partial charge in [0.15, 0.2) is 12.4 Å². The summed E-state index contributed by atoms with van der Waals surface area (Å²) >= 11 is 0. The molecule has 0 bridgehead atoms. The number of ether oxygens (including phenoxy) is 2. The van der Waals surface area contributed by atoms with Gasteiger partial charge in [0.25, 0.3) is 5.91 Å². The lowest BCUT2D eigenvalue weighted by Crippen LogP contribution is -2.43. The Labute approximate surface area is 157 Å². The number of anilines is 1. The van der Waals surface area contributed by atoms with Crippen LogP contribution in [0.15, 0.2) is 34.9 Å². The van der Waals surface area contributed by atoms with Crippen LogP contribution in [-0.2, 0) is 9.59 Å². The Bertz CT molecular complexity index is 796. The first-order valence-corrected chi connectivity index (χ1v) is 8.84. The molecule has 1 fully saturated rings. The van der Waals surface area contributed by atoms with E-state index in [0.29, 0.717) is 49.0 Å². The summed E-state index contributed by atoms with van der Waals surface area (Å²) in [5.41, 5.74) is 0. The fourth-order valence-electron chi connectivity index (χ4n) is 2.97. The van der Waals surface area contributed by atoms with Gasteiger partial charge in [-0.25, -0.2) is 0 Å². The highest BCUT2D eigenvalue weighted by Gasteiger charge is 2.28. The molecule has 1 aliphatic rings. The zero-order valence-corrected chi connectivity index (χ0v) is 15.4. The number of benzene rings is 1. The number of aryl methyl sites for hydroxylation is 1. The van der Waals surface area contributed by atoms with E-state index in [1.807, 2.05) is 6.07 Å². The molecule has 0 aliphatic carbocycles. The molecular formula is C19H23N3O5. The van der Waals surface area contributed by atoms with E-state index in [4.69, 9.17) is 14.0 Å². The molecule has 3 rings (SSSR count). The topological polar surface area (TPSA) is 93.9 Å². The predicted molar refractivity (Wildman–Crippen MR) is 97.7 cm³/mol. The van der Waals surface area contributed by atoms with Crippen LogP contribution in [-0.4, -0.2) is 48.7 Å². The minimum atomic E-state index is -0.148. The molecule has 1 saturated heterocycles. The average Bonchev–Trinajstić information content (AvgIpc) is 3.11. The summed E-state index contributed by atoms with van der Waals surface area (Å²) in [5.74, 6) is 1.98. The van der Waals surface area contributed by atoms with Gasteiger partial charge in [0.1, 0.15) is 17.3 Å². The Morgan fingerprint density at radius 3 is 2.67 bits per heavy atom. The van der Waals surface area contributed by atoms with Crippen molar-refractivity contribution < 1.29 is 23.6 Å². The summed E-state index contributed by atoms with van der Waals surface area (Å²) in [7, 11) is 1.58. The van der Waals surface area contributed by atoms with Gasteiger partial charge in [-0.05, 0) is 31.9 Å². The molecule has 0 unspecified atom stereocenters. The number of aromatic nitrogens is 1. The van der Waals surface area contributed by atoms with E-state index in [2.05, 4.69) is 10.5 Å². The standard InChI is InChI=1S/C19H23N3O5/c1-13-10-17(21-27-13)20-19(24)14-6-8-22(9-7-14)18(23)12-26-16-5-3-4-15(11-16)25-2/h3-5,10-11,14H,6-9,12H2,1-2H3,(H,20,21,24). The van der Waals surface area contributed by atoms with Crippen LogP contribution >= 0.6 is 0 Å². The monoisotopic (exact) mass is 373 g/mol. The Hall–Kier alpha value is -3.03. The van der Waals surface area contributed by atoms with Gasteiger partial charge in [0.2, 0.25) is 5.91 Å². The maximum atomic E-state index is 12.3. The van der Waals surface area contributed by atoms with E-state index in [1.54, 1.807) is 43.2 Å². The Morgan fingerprint density at radius 1 is 1.26 bits per heavy atom. The van der Waals surface area contributed by atoms with Gasteiger partial charge in [0.05, 0.1) is 7.11 Å². The molecule has 1 aromatic heterocycles. The lowest BCUT2D eigenvalue weighted by Gasteiger charge is -2.31. The minimum absolute atomic E-state index is 0.0394. The van der Waals surface area contributed by atoms with Crippen LogP contribution in [0.25, 0.3) is 0 Å². The summed E-state index contributed by atoms with van der Waals surface area (Å²) in [5, 5.41) is 6.51. The molecular weight excluding hydrogens is 350 g/mol. The van der Waals surface area contributed by atoms with Crippen molar-refractivity contribution >= 4 is 17.6 Å². The second-order valence-corrected chi connectivity index (χ2v) is 6.43. The van der Waals surface area contributed by atoms with Crippen LogP contribution in [0.5, 0.6) is 11.5 Å². The predicted octanol–water partition coefficient (Wildman–Crippen LogP) is 2.25. The van der Waals surface area contributed by atoms with Crippen LogP contribution in [0.4, 0.5) is 5.82 Å². The molecule has 2 heterocycles. The number of likely N-dealkylation sites (tertiary alicyclic amines) is 1. The Morgan fingerprint density at radius 2 is 2.00 bits per heavy atom. The molecule has 0 saturated carbocycles. The van der Waals surface area contributed by atoms with E-state index in [9.17, 15) is 9.59 Å². The molecule has 0 spiro atoms. The van der Waals surface area contributed by atoms with Gasteiger partial charge < -0.3 is 24.2 Å². The normalized spacial score (nSPS) is 14.7. The van der Waals surface area contributed by atoms with Crippen molar-refractivity contribution in [1.29, 1.82) is 0 Å². The largest absolute Gasteiger partial charge is 0.497 e. The Kier molecular flexibility index (Phi) is 5.95. The number of rotatable bonds is 6. The zero-order chi connectivity index (χ0) is 19.2. The number of nitrogens with one attached hydrogen (secondary N) is 1. The number of carbonyl (C=O) groups is 2. The first kappa shape index (κ1) is 18.8. The fourth-order valence-corrected chi connectivity index (χ4v) is 2.97. The maximum absolute atomic E-state index is 12.3. The van der Waals surface area contributed by atoms with E-state index < -0.39 is 0 Å². The molecule has 144 valence electrons. The fraction of sp³-hybridized carbons (Fsp3) is 0.421. The maximum Gasteiger partial charge on any atom is 0.260 e. The van der Waals surface area contributed by atoms with Crippen molar-refractivity contribution in [2.75, 3.05) is 32.1 Å². The summed E-state index contributed by atoms with van der Waals surface area (Å²) < 4.78 is 15.6. The van der Waals surface area contributed by atoms with E-state index in [1.165, 1.54) is 0 Å². The van der Waals surface area contributed by atoms with Crippen LogP contribution in [0.3, 0.4) is 0 Å². The van der Waals surface area contributed by atoms with Crippen LogP contribution in [0.1, 0.15) is 18.6 Å². The minimum Gasteiger partial charge on any atom is -0.497 e. The number of nitrogens with zero attached hydrogens (tertiary/aromatic N) is 2. The first-order valence-electron chi connectivity index (χ1n) is 8.84. The van der Waals surface area contributed by atoms with Crippen LogP contribution < -0.4 is 14.8 Å². The lowest BCUT2D eigenvalue weighted by molar-refractivity contribution is -0.136. The zero-order valence-electron chi connectivity index (χ0n) is 15.4. The smallest absolute Gasteiger partial charge is 0.260 e. The van der Waals surface area contributed by atoms with Crippen LogP contribution in [0, 0.1) is 12.8 Å². The van der Waals surface area contributed by atoms with E-state index >= 15 is 0 Å². The van der Waals surface area contributed by atoms with Gasteiger partial charge in [0, 0.05) is 31.1 Å². The number of methoxy groups -OCH3 is 1. The molecule has 1 aliphatic heterocycles. The molecule has 27 heavy (non-hydrogen) atoms. The highest BCUT2D eigenvalue weighted by Crippen LogP contribution is 2.21. The second-order valence-electron chi connectivity index (χ2n) is 6.43. The van der Waals surface area contributed by atoms with E-state index in [-0.39, 0.29) is 24.3 Å². The summed E-state index contributed by atoms with van der Waals surface area (Å²) in [4.78, 5) is 26.4. The van der Waals surface area contributed by atoms with Gasteiger partial charge in [-0.1, -0.05) is 11.2 Å². The summed E-state index contributed by atoms with van der Waals surface area (Å²) in [6.07, 6.45) is 1.21. The average molecular weight is 373 g/mol. The summed E-state index contributed by atoms with van der Waals surface area (Å²) in [6.45, 7) is 2.77. The molecule has 2 amide bonds. The number of amides is 2. The van der Waals surface area contributed by atoms with E-state index in [0.717, 1.165) is 0 Å². The van der Waals surface area contributed by atoms with Crippen molar-refractivity contribution in [3.63, 3.8) is 0 Å². The van der Waals surface area contributed by atoms with Crippen molar-refractivity contribution in [3.05, 3.63) is 36.1 Å². The molecule has 2 aromatic rings. The number of carbonyl (C=O) groups excluding carboxylic acids is 2. The first-order chi connectivity index (χ1) is 13.0. The highest BCUT2D eigenvalue weighted by molar-refractivity contribution is 5.91. The van der Waals surface area contributed by atoms with Crippen molar-refractivity contribution in [1.82, 2.24) is 10.1 Å². The third-order valence-corrected chi connectivity index (χ3v) is 4.50. The number of hydrogen-bond donors (Lipinski definition) is 1. The van der Waals surface area contributed by atoms with Crippen molar-refractivity contribution in [2.45, 2.75) is 19.8 Å².